The van der Waals surface area contributed by atoms with Crippen molar-refractivity contribution in [2.75, 3.05) is 26.3 Å². The number of Topliss-reactive ketones (excluding diaryl/α,β-unsaturated/α-hetero) is 1. The van der Waals surface area contributed by atoms with E-state index in [9.17, 15) is 22.8 Å². The second kappa shape index (κ2) is 6.17. The molecule has 1 aliphatic rings. The number of halogens is 3. The van der Waals surface area contributed by atoms with Crippen LogP contribution in [0.3, 0.4) is 0 Å². The molecule has 0 aromatic heterocycles. The number of likely N-dealkylation sites (tertiary alicyclic amines) is 1. The van der Waals surface area contributed by atoms with E-state index in [4.69, 9.17) is 0 Å². The maximum Gasteiger partial charge on any atom is 0.411 e. The summed E-state index contributed by atoms with van der Waals surface area (Å²) in [6.45, 7) is 0.372. The van der Waals surface area contributed by atoms with Gasteiger partial charge in [0.2, 0.25) is 5.91 Å². The van der Waals surface area contributed by atoms with Crippen molar-refractivity contribution in [3.63, 3.8) is 0 Å². The van der Waals surface area contributed by atoms with Gasteiger partial charge in [-0.3, -0.25) is 9.59 Å². The maximum absolute atomic E-state index is 11.8. The van der Waals surface area contributed by atoms with E-state index < -0.39 is 25.3 Å². The summed E-state index contributed by atoms with van der Waals surface area (Å²) in [6, 6.07) is 0. The van der Waals surface area contributed by atoms with Crippen LogP contribution in [0.4, 0.5) is 13.2 Å². The van der Waals surface area contributed by atoms with Crippen LogP contribution in [-0.2, 0) is 14.3 Å². The third kappa shape index (κ3) is 4.64. The van der Waals surface area contributed by atoms with Gasteiger partial charge in [0.15, 0.2) is 0 Å². The first kappa shape index (κ1) is 14.9. The van der Waals surface area contributed by atoms with Gasteiger partial charge in [0.1, 0.15) is 19.0 Å². The van der Waals surface area contributed by atoms with E-state index >= 15 is 0 Å². The van der Waals surface area contributed by atoms with Crippen LogP contribution in [0.2, 0.25) is 0 Å². The molecule has 1 amide bonds. The molecule has 1 saturated heterocycles. The van der Waals surface area contributed by atoms with Gasteiger partial charge in [-0.15, -0.1) is 0 Å². The zero-order valence-corrected chi connectivity index (χ0v) is 10.1. The van der Waals surface area contributed by atoms with E-state index in [1.807, 2.05) is 6.92 Å². The SMILES string of the molecule is CCC1CN(C(=O)COCC(F)(F)F)CCC1=O. The van der Waals surface area contributed by atoms with E-state index in [0.29, 0.717) is 6.42 Å². The minimum absolute atomic E-state index is 0.109. The maximum atomic E-state index is 11.8. The molecule has 1 aliphatic heterocycles. The Bertz CT molecular complexity index is 317. The van der Waals surface area contributed by atoms with Gasteiger partial charge in [-0.05, 0) is 6.42 Å². The molecule has 0 N–H and O–H groups in total. The molecule has 1 rings (SSSR count). The zero-order valence-electron chi connectivity index (χ0n) is 10.1. The number of hydrogen-bond acceptors (Lipinski definition) is 3. The first-order chi connectivity index (χ1) is 8.33. The van der Waals surface area contributed by atoms with Crippen molar-refractivity contribution in [1.29, 1.82) is 0 Å². The molecular formula is C11H16F3NO3. The van der Waals surface area contributed by atoms with Gasteiger partial charge in [-0.25, -0.2) is 0 Å². The summed E-state index contributed by atoms with van der Waals surface area (Å²) in [5.74, 6) is -0.590. The lowest BCUT2D eigenvalue weighted by Crippen LogP contribution is -2.45. The Morgan fingerprint density at radius 2 is 2.17 bits per heavy atom. The second-order valence-electron chi connectivity index (χ2n) is 4.27. The quantitative estimate of drug-likeness (QED) is 0.773. The molecule has 0 spiro atoms. The van der Waals surface area contributed by atoms with Crippen LogP contribution in [0.15, 0.2) is 0 Å². The normalized spacial score (nSPS) is 21.2. The minimum Gasteiger partial charge on any atom is -0.362 e. The molecule has 0 aromatic carbocycles. The highest BCUT2D eigenvalue weighted by atomic mass is 19.4. The first-order valence-corrected chi connectivity index (χ1v) is 5.78. The van der Waals surface area contributed by atoms with Crippen LogP contribution in [0.25, 0.3) is 0 Å². The predicted molar refractivity (Wildman–Crippen MR) is 56.9 cm³/mol. The van der Waals surface area contributed by atoms with E-state index in [1.54, 1.807) is 0 Å². The lowest BCUT2D eigenvalue weighted by atomic mass is 9.94. The van der Waals surface area contributed by atoms with Crippen LogP contribution >= 0.6 is 0 Å². The Kier molecular flexibility index (Phi) is 5.13. The Labute approximate surface area is 103 Å². The van der Waals surface area contributed by atoms with Crippen molar-refractivity contribution in [3.8, 4) is 0 Å². The molecule has 0 saturated carbocycles. The van der Waals surface area contributed by atoms with Gasteiger partial charge in [-0.2, -0.15) is 13.2 Å². The number of rotatable bonds is 4. The summed E-state index contributed by atoms with van der Waals surface area (Å²) in [5, 5.41) is 0. The molecule has 1 heterocycles. The van der Waals surface area contributed by atoms with E-state index in [1.165, 1.54) is 4.90 Å². The molecular weight excluding hydrogens is 251 g/mol. The van der Waals surface area contributed by atoms with Crippen molar-refractivity contribution < 1.29 is 27.5 Å². The Balaban J connectivity index is 2.36. The monoisotopic (exact) mass is 267 g/mol. The number of amides is 1. The largest absolute Gasteiger partial charge is 0.411 e. The zero-order chi connectivity index (χ0) is 13.8. The van der Waals surface area contributed by atoms with Crippen molar-refractivity contribution in [3.05, 3.63) is 0 Å². The number of carbonyl (C=O) groups is 2. The second-order valence-corrected chi connectivity index (χ2v) is 4.27. The summed E-state index contributed by atoms with van der Waals surface area (Å²) in [5.41, 5.74) is 0. The van der Waals surface area contributed by atoms with Crippen LogP contribution in [-0.4, -0.2) is 49.1 Å². The number of carbonyl (C=O) groups excluding carboxylic acids is 2. The molecule has 7 heteroatoms. The van der Waals surface area contributed by atoms with Gasteiger partial charge in [-0.1, -0.05) is 6.92 Å². The van der Waals surface area contributed by atoms with Crippen LogP contribution in [0.5, 0.6) is 0 Å². The third-order valence-corrected chi connectivity index (χ3v) is 2.86. The highest BCUT2D eigenvalue weighted by molar-refractivity contribution is 5.85. The average molecular weight is 267 g/mol. The number of hydrogen-bond donors (Lipinski definition) is 0. The molecule has 0 bridgehead atoms. The van der Waals surface area contributed by atoms with Crippen molar-refractivity contribution >= 4 is 11.7 Å². The first-order valence-electron chi connectivity index (χ1n) is 5.78. The minimum atomic E-state index is -4.43. The molecule has 1 unspecified atom stereocenters. The number of nitrogens with zero attached hydrogens (tertiary/aromatic N) is 1. The summed E-state index contributed by atoms with van der Waals surface area (Å²) in [6.07, 6.45) is -3.53. The Hall–Kier alpha value is -1.11. The van der Waals surface area contributed by atoms with E-state index in [2.05, 4.69) is 4.74 Å². The molecule has 104 valence electrons. The van der Waals surface area contributed by atoms with Gasteiger partial charge in [0.05, 0.1) is 0 Å². The number of piperidine rings is 1. The third-order valence-electron chi connectivity index (χ3n) is 2.86. The number of alkyl halides is 3. The summed E-state index contributed by atoms with van der Waals surface area (Å²) < 4.78 is 39.8. The lowest BCUT2D eigenvalue weighted by Gasteiger charge is -2.31. The molecule has 1 atom stereocenters. The standard InChI is InChI=1S/C11H16F3NO3/c1-2-8-5-15(4-3-9(8)16)10(17)6-18-7-11(12,13)14/h8H,2-7H2,1H3. The number of ketones is 1. The van der Waals surface area contributed by atoms with Gasteiger partial charge >= 0.3 is 6.18 Å². The molecule has 18 heavy (non-hydrogen) atoms. The van der Waals surface area contributed by atoms with Gasteiger partial charge in [0, 0.05) is 25.4 Å². The van der Waals surface area contributed by atoms with Crippen LogP contribution < -0.4 is 0 Å². The van der Waals surface area contributed by atoms with E-state index in [-0.39, 0.29) is 31.2 Å². The fraction of sp³-hybridized carbons (Fsp3) is 0.818. The summed E-state index contributed by atoms with van der Waals surface area (Å²) in [7, 11) is 0. The Morgan fingerprint density at radius 3 is 2.72 bits per heavy atom. The topological polar surface area (TPSA) is 46.6 Å². The summed E-state index contributed by atoms with van der Waals surface area (Å²) in [4.78, 5) is 24.4. The summed E-state index contributed by atoms with van der Waals surface area (Å²) >= 11 is 0. The predicted octanol–water partition coefficient (Wildman–Crippen LogP) is 1.39. The molecule has 0 radical (unpaired) electrons. The van der Waals surface area contributed by atoms with Gasteiger partial charge in [0.25, 0.3) is 0 Å². The highest BCUT2D eigenvalue weighted by Gasteiger charge is 2.30. The van der Waals surface area contributed by atoms with Crippen LogP contribution in [0, 0.1) is 5.92 Å². The Morgan fingerprint density at radius 1 is 1.50 bits per heavy atom. The van der Waals surface area contributed by atoms with Gasteiger partial charge < -0.3 is 9.64 Å². The smallest absolute Gasteiger partial charge is 0.362 e. The highest BCUT2D eigenvalue weighted by Crippen LogP contribution is 2.17. The van der Waals surface area contributed by atoms with Crippen molar-refractivity contribution in [1.82, 2.24) is 4.90 Å². The molecule has 0 aromatic rings. The van der Waals surface area contributed by atoms with E-state index in [0.717, 1.165) is 0 Å². The lowest BCUT2D eigenvalue weighted by molar-refractivity contribution is -0.178. The average Bonchev–Trinajstić information content (AvgIpc) is 2.27. The van der Waals surface area contributed by atoms with Crippen molar-refractivity contribution in [2.45, 2.75) is 25.9 Å². The molecule has 0 aliphatic carbocycles. The van der Waals surface area contributed by atoms with Crippen molar-refractivity contribution in [2.24, 2.45) is 5.92 Å². The van der Waals surface area contributed by atoms with Crippen LogP contribution in [0.1, 0.15) is 19.8 Å². The number of ether oxygens (including phenoxy) is 1. The fourth-order valence-electron chi connectivity index (χ4n) is 1.84. The molecule has 1 fully saturated rings. The fourth-order valence-corrected chi connectivity index (χ4v) is 1.84. The molecule has 4 nitrogen and oxygen atoms in total.